The summed E-state index contributed by atoms with van der Waals surface area (Å²) in [5.41, 5.74) is 13.0. The van der Waals surface area contributed by atoms with Crippen molar-refractivity contribution >= 4 is 11.4 Å². The van der Waals surface area contributed by atoms with Gasteiger partial charge < -0.3 is 16.2 Å². The molecule has 0 unspecified atom stereocenters. The molecule has 0 fully saturated rings. The van der Waals surface area contributed by atoms with Crippen LogP contribution in [-0.4, -0.2) is 6.61 Å². The first-order valence-corrected chi connectivity index (χ1v) is 10.0. The van der Waals surface area contributed by atoms with E-state index >= 15 is 0 Å². The molecule has 0 saturated heterocycles. The largest absolute Gasteiger partial charge is 0.491 e. The van der Waals surface area contributed by atoms with Crippen molar-refractivity contribution in [3.63, 3.8) is 0 Å². The molecule has 0 aliphatic heterocycles. The zero-order chi connectivity index (χ0) is 17.5. The van der Waals surface area contributed by atoms with Gasteiger partial charge >= 0.3 is 0 Å². The quantitative estimate of drug-likeness (QED) is 0.291. The molecule has 1 rings (SSSR count). The maximum atomic E-state index is 5.86. The Labute approximate surface area is 149 Å². The lowest BCUT2D eigenvalue weighted by atomic mass is 10.0. The molecule has 1 aromatic carbocycles. The molecule has 3 nitrogen and oxygen atoms in total. The summed E-state index contributed by atoms with van der Waals surface area (Å²) in [6.45, 7) is 3.00. The van der Waals surface area contributed by atoms with E-state index in [1.807, 2.05) is 0 Å². The van der Waals surface area contributed by atoms with Gasteiger partial charge in [-0.25, -0.2) is 0 Å². The second-order valence-corrected chi connectivity index (χ2v) is 6.89. The van der Waals surface area contributed by atoms with E-state index in [-0.39, 0.29) is 0 Å². The Morgan fingerprint density at radius 3 is 1.75 bits per heavy atom. The highest BCUT2D eigenvalue weighted by atomic mass is 16.5. The van der Waals surface area contributed by atoms with Crippen molar-refractivity contribution in [2.75, 3.05) is 18.1 Å². The lowest BCUT2D eigenvalue weighted by Crippen LogP contribution is -2.01. The number of anilines is 2. The number of ether oxygens (including phenoxy) is 1. The van der Waals surface area contributed by atoms with Crippen LogP contribution in [0.3, 0.4) is 0 Å². The third-order valence-electron chi connectivity index (χ3n) is 4.54. The predicted octanol–water partition coefficient (Wildman–Crippen LogP) is 6.32. The second-order valence-electron chi connectivity index (χ2n) is 6.89. The van der Waals surface area contributed by atoms with Crippen LogP contribution in [0.4, 0.5) is 11.4 Å². The minimum Gasteiger partial charge on any atom is -0.491 e. The second kappa shape index (κ2) is 14.0. The first-order chi connectivity index (χ1) is 11.7. The first-order valence-electron chi connectivity index (χ1n) is 10.0. The monoisotopic (exact) mass is 334 g/mol. The molecular weight excluding hydrogens is 296 g/mol. The van der Waals surface area contributed by atoms with Gasteiger partial charge in [-0.2, -0.15) is 0 Å². The van der Waals surface area contributed by atoms with Crippen molar-refractivity contribution in [2.24, 2.45) is 0 Å². The van der Waals surface area contributed by atoms with Gasteiger partial charge in [0.1, 0.15) is 5.75 Å². The fourth-order valence-corrected chi connectivity index (χ4v) is 2.98. The smallest absolute Gasteiger partial charge is 0.144 e. The lowest BCUT2D eigenvalue weighted by molar-refractivity contribution is 0.306. The first kappa shape index (κ1) is 20.7. The molecule has 0 aliphatic carbocycles. The average Bonchev–Trinajstić information content (AvgIpc) is 2.58. The van der Waals surface area contributed by atoms with Crippen LogP contribution in [0.2, 0.25) is 0 Å². The highest BCUT2D eigenvalue weighted by Gasteiger charge is 2.00. The van der Waals surface area contributed by atoms with E-state index in [0.717, 1.165) is 13.0 Å². The van der Waals surface area contributed by atoms with Crippen molar-refractivity contribution in [2.45, 2.75) is 90.4 Å². The van der Waals surface area contributed by atoms with Crippen LogP contribution in [-0.2, 0) is 0 Å². The van der Waals surface area contributed by atoms with Crippen LogP contribution >= 0.6 is 0 Å². The third-order valence-corrected chi connectivity index (χ3v) is 4.54. The van der Waals surface area contributed by atoms with E-state index in [4.69, 9.17) is 16.2 Å². The molecule has 4 N–H and O–H groups in total. The molecule has 0 radical (unpaired) electrons. The van der Waals surface area contributed by atoms with Gasteiger partial charge in [-0.3, -0.25) is 0 Å². The summed E-state index contributed by atoms with van der Waals surface area (Å²) in [6, 6.07) is 5.40. The molecule has 0 saturated carbocycles. The van der Waals surface area contributed by atoms with Crippen molar-refractivity contribution < 1.29 is 4.74 Å². The van der Waals surface area contributed by atoms with Gasteiger partial charge in [0.2, 0.25) is 0 Å². The number of unbranched alkanes of at least 4 members (excludes halogenated alkanes) is 12. The number of hydrogen-bond donors (Lipinski definition) is 2. The minimum atomic E-state index is 0.666. The van der Waals surface area contributed by atoms with Crippen LogP contribution in [0.25, 0.3) is 0 Å². The summed E-state index contributed by atoms with van der Waals surface area (Å²) in [5.74, 6) is 0.717. The topological polar surface area (TPSA) is 61.3 Å². The van der Waals surface area contributed by atoms with Gasteiger partial charge in [0, 0.05) is 11.8 Å². The molecule has 0 aliphatic rings. The van der Waals surface area contributed by atoms with Gasteiger partial charge in [0.05, 0.1) is 12.3 Å². The highest BCUT2D eigenvalue weighted by molar-refractivity contribution is 5.59. The molecule has 0 bridgehead atoms. The van der Waals surface area contributed by atoms with Gasteiger partial charge in [-0.15, -0.1) is 0 Å². The molecule has 3 heteroatoms. The van der Waals surface area contributed by atoms with Crippen molar-refractivity contribution in [1.29, 1.82) is 0 Å². The average molecular weight is 335 g/mol. The van der Waals surface area contributed by atoms with E-state index in [2.05, 4.69) is 6.92 Å². The molecule has 138 valence electrons. The summed E-state index contributed by atoms with van der Waals surface area (Å²) in [6.07, 6.45) is 17.7. The molecule has 24 heavy (non-hydrogen) atoms. The summed E-state index contributed by atoms with van der Waals surface area (Å²) in [7, 11) is 0. The maximum Gasteiger partial charge on any atom is 0.144 e. The summed E-state index contributed by atoms with van der Waals surface area (Å²) in [5, 5.41) is 0. The van der Waals surface area contributed by atoms with E-state index in [1.165, 1.54) is 77.0 Å². The van der Waals surface area contributed by atoms with E-state index in [9.17, 15) is 0 Å². The highest BCUT2D eigenvalue weighted by Crippen LogP contribution is 2.24. The van der Waals surface area contributed by atoms with Crippen molar-refractivity contribution in [1.82, 2.24) is 0 Å². The van der Waals surface area contributed by atoms with E-state index in [0.29, 0.717) is 17.1 Å². The normalized spacial score (nSPS) is 10.9. The number of nitrogens with two attached hydrogens (primary N) is 2. The van der Waals surface area contributed by atoms with Crippen LogP contribution in [0, 0.1) is 0 Å². The zero-order valence-electron chi connectivity index (χ0n) is 15.7. The number of hydrogen-bond acceptors (Lipinski definition) is 3. The molecule has 0 spiro atoms. The third kappa shape index (κ3) is 10.4. The standard InChI is InChI=1S/C21H38N2O/c1-2-3-4-5-6-7-8-9-10-11-12-13-14-17-24-21-18-19(22)15-16-20(21)23/h15-16,18H,2-14,17,22-23H2,1H3. The Bertz CT molecular complexity index is 420. The lowest BCUT2D eigenvalue weighted by Gasteiger charge is -2.09. The maximum absolute atomic E-state index is 5.86. The summed E-state index contributed by atoms with van der Waals surface area (Å²) >= 11 is 0. The van der Waals surface area contributed by atoms with Crippen molar-refractivity contribution in [3.8, 4) is 5.75 Å². The van der Waals surface area contributed by atoms with Crippen LogP contribution < -0.4 is 16.2 Å². The van der Waals surface area contributed by atoms with Gasteiger partial charge in [0.15, 0.2) is 0 Å². The molecule has 1 aromatic rings. The molecule has 0 atom stereocenters. The Morgan fingerprint density at radius 1 is 0.708 bits per heavy atom. The number of rotatable bonds is 15. The Balaban J connectivity index is 1.85. The summed E-state index contributed by atoms with van der Waals surface area (Å²) < 4.78 is 5.71. The molecule has 0 heterocycles. The molecular formula is C21H38N2O. The van der Waals surface area contributed by atoms with Gasteiger partial charge in [-0.05, 0) is 18.6 Å². The fourth-order valence-electron chi connectivity index (χ4n) is 2.98. The van der Waals surface area contributed by atoms with Crippen LogP contribution in [0.15, 0.2) is 18.2 Å². The van der Waals surface area contributed by atoms with Crippen molar-refractivity contribution in [3.05, 3.63) is 18.2 Å². The van der Waals surface area contributed by atoms with E-state index in [1.54, 1.807) is 18.2 Å². The Hall–Kier alpha value is -1.38. The zero-order valence-corrected chi connectivity index (χ0v) is 15.7. The number of nitrogen functional groups attached to an aromatic ring is 2. The SMILES string of the molecule is CCCCCCCCCCCCCCCOc1cc(N)ccc1N. The van der Waals surface area contributed by atoms with Crippen LogP contribution in [0.1, 0.15) is 90.4 Å². The van der Waals surface area contributed by atoms with Gasteiger partial charge in [0.25, 0.3) is 0 Å². The fraction of sp³-hybridized carbons (Fsp3) is 0.714. The molecule has 0 aromatic heterocycles. The minimum absolute atomic E-state index is 0.666. The molecule has 0 amide bonds. The summed E-state index contributed by atoms with van der Waals surface area (Å²) in [4.78, 5) is 0. The number of benzene rings is 1. The van der Waals surface area contributed by atoms with E-state index < -0.39 is 0 Å². The predicted molar refractivity (Wildman–Crippen MR) is 106 cm³/mol. The van der Waals surface area contributed by atoms with Crippen LogP contribution in [0.5, 0.6) is 5.75 Å². The Morgan fingerprint density at radius 2 is 1.21 bits per heavy atom. The Kier molecular flexibility index (Phi) is 12.1. The van der Waals surface area contributed by atoms with Gasteiger partial charge in [-0.1, -0.05) is 84.0 Å².